The maximum atomic E-state index is 13.4. The van der Waals surface area contributed by atoms with Crippen LogP contribution in [0, 0.1) is 16.7 Å². The van der Waals surface area contributed by atoms with Gasteiger partial charge in [-0.15, -0.1) is 0 Å². The lowest BCUT2D eigenvalue weighted by molar-refractivity contribution is 0.0946. The fraction of sp³-hybridized carbons (Fsp3) is 0.375. The molecule has 0 unspecified atom stereocenters. The van der Waals surface area contributed by atoms with Crippen molar-refractivity contribution in [2.45, 2.75) is 34.2 Å². The van der Waals surface area contributed by atoms with Crippen LogP contribution in [0.2, 0.25) is 0 Å². The van der Waals surface area contributed by atoms with Crippen LogP contribution in [0.1, 0.15) is 43.6 Å². The summed E-state index contributed by atoms with van der Waals surface area (Å²) in [6, 6.07) is 16.3. The molecule has 0 saturated heterocycles. The van der Waals surface area contributed by atoms with Crippen molar-refractivity contribution in [3.63, 3.8) is 0 Å². The van der Waals surface area contributed by atoms with E-state index in [1.807, 2.05) is 30.5 Å². The Kier molecular flexibility index (Phi) is 3.95. The Balaban J connectivity index is 1.72. The number of Topliss-reactive ketones (excluding diaryl/α,β-unsaturated/α-hetero) is 1. The molecule has 2 aromatic carbocycles. The molecule has 0 aliphatic heterocycles. The third-order valence-electron chi connectivity index (χ3n) is 6.85. The number of ketones is 1. The SMILES string of the molecule is COc1ccc(Cn2cc(C(=O)C3C(C)(C)C3(C)C)c3ccccc32)cc1. The number of aromatic nitrogens is 1. The van der Waals surface area contributed by atoms with E-state index >= 15 is 0 Å². The van der Waals surface area contributed by atoms with Crippen LogP contribution in [0.4, 0.5) is 0 Å². The van der Waals surface area contributed by atoms with Gasteiger partial charge in [0, 0.05) is 35.1 Å². The number of benzene rings is 2. The molecule has 1 heterocycles. The summed E-state index contributed by atoms with van der Waals surface area (Å²) in [6.45, 7) is 9.53. The van der Waals surface area contributed by atoms with Gasteiger partial charge in [0.2, 0.25) is 0 Å². The van der Waals surface area contributed by atoms with Crippen LogP contribution < -0.4 is 4.74 Å². The van der Waals surface area contributed by atoms with Gasteiger partial charge in [-0.3, -0.25) is 4.79 Å². The average molecular weight is 361 g/mol. The summed E-state index contributed by atoms with van der Waals surface area (Å²) in [4.78, 5) is 13.4. The Morgan fingerprint density at radius 2 is 1.63 bits per heavy atom. The van der Waals surface area contributed by atoms with Crippen molar-refractivity contribution in [3.8, 4) is 5.75 Å². The second-order valence-electron chi connectivity index (χ2n) is 8.78. The highest BCUT2D eigenvalue weighted by atomic mass is 16.5. The summed E-state index contributed by atoms with van der Waals surface area (Å²) in [7, 11) is 1.67. The molecule has 0 bridgehead atoms. The first-order valence-corrected chi connectivity index (χ1v) is 9.52. The first-order valence-electron chi connectivity index (χ1n) is 9.52. The number of nitrogens with zero attached hydrogens (tertiary/aromatic N) is 1. The number of methoxy groups -OCH3 is 1. The third-order valence-corrected chi connectivity index (χ3v) is 6.85. The molecule has 0 atom stereocenters. The number of fused-ring (bicyclic) bond motifs is 1. The Morgan fingerprint density at radius 1 is 1.00 bits per heavy atom. The molecular weight excluding hydrogens is 334 g/mol. The molecule has 140 valence electrons. The molecule has 1 saturated carbocycles. The molecule has 0 radical (unpaired) electrons. The molecule has 1 aliphatic carbocycles. The predicted molar refractivity (Wildman–Crippen MR) is 109 cm³/mol. The van der Waals surface area contributed by atoms with Gasteiger partial charge < -0.3 is 9.30 Å². The third kappa shape index (κ3) is 2.68. The van der Waals surface area contributed by atoms with Crippen molar-refractivity contribution in [3.05, 3.63) is 65.9 Å². The fourth-order valence-corrected chi connectivity index (χ4v) is 4.51. The van der Waals surface area contributed by atoms with Crippen molar-refractivity contribution in [1.82, 2.24) is 4.57 Å². The molecule has 3 heteroatoms. The first-order chi connectivity index (χ1) is 12.8. The number of rotatable bonds is 5. The van der Waals surface area contributed by atoms with E-state index < -0.39 is 0 Å². The lowest BCUT2D eigenvalue weighted by Crippen LogP contribution is -2.07. The van der Waals surface area contributed by atoms with Crippen LogP contribution in [0.15, 0.2) is 54.7 Å². The number of ether oxygens (including phenoxy) is 1. The van der Waals surface area contributed by atoms with E-state index in [1.165, 1.54) is 5.56 Å². The van der Waals surface area contributed by atoms with Crippen LogP contribution >= 0.6 is 0 Å². The lowest BCUT2D eigenvalue weighted by Gasteiger charge is -2.06. The van der Waals surface area contributed by atoms with Crippen LogP contribution in [0.25, 0.3) is 10.9 Å². The minimum absolute atomic E-state index is 0.0449. The lowest BCUT2D eigenvalue weighted by atomic mass is 10.0. The maximum absolute atomic E-state index is 13.4. The van der Waals surface area contributed by atoms with Crippen molar-refractivity contribution >= 4 is 16.7 Å². The minimum atomic E-state index is 0.0449. The van der Waals surface area contributed by atoms with Crippen molar-refractivity contribution < 1.29 is 9.53 Å². The molecule has 3 aromatic rings. The Bertz CT molecular complexity index is 995. The molecular formula is C24H27NO2. The second-order valence-corrected chi connectivity index (χ2v) is 8.78. The Hall–Kier alpha value is -2.55. The van der Waals surface area contributed by atoms with Crippen molar-refractivity contribution in [1.29, 1.82) is 0 Å². The smallest absolute Gasteiger partial charge is 0.169 e. The molecule has 1 aliphatic rings. The zero-order valence-corrected chi connectivity index (χ0v) is 16.7. The standard InChI is InChI=1S/C24H27NO2/c1-23(2)22(24(23,3)4)21(26)19-15-25(20-9-7-6-8-18(19)20)14-16-10-12-17(27-5)13-11-16/h6-13,15,22H,14H2,1-5H3. The Labute approximate surface area is 161 Å². The highest BCUT2D eigenvalue weighted by molar-refractivity contribution is 6.11. The van der Waals surface area contributed by atoms with Gasteiger partial charge in [-0.05, 0) is 34.6 Å². The number of carbonyl (C=O) groups is 1. The van der Waals surface area contributed by atoms with Gasteiger partial charge >= 0.3 is 0 Å². The Morgan fingerprint density at radius 3 is 2.22 bits per heavy atom. The highest BCUT2D eigenvalue weighted by Gasteiger charge is 2.68. The maximum Gasteiger partial charge on any atom is 0.169 e. The summed E-state index contributed by atoms with van der Waals surface area (Å²) in [5, 5.41) is 1.05. The van der Waals surface area contributed by atoms with Gasteiger partial charge in [0.25, 0.3) is 0 Å². The summed E-state index contributed by atoms with van der Waals surface area (Å²) < 4.78 is 7.43. The molecule has 3 nitrogen and oxygen atoms in total. The van der Waals surface area contributed by atoms with E-state index in [1.54, 1.807) is 7.11 Å². The van der Waals surface area contributed by atoms with E-state index in [4.69, 9.17) is 4.74 Å². The van der Waals surface area contributed by atoms with Crippen LogP contribution in [-0.2, 0) is 6.54 Å². The molecule has 4 rings (SSSR count). The van der Waals surface area contributed by atoms with Gasteiger partial charge in [0.1, 0.15) is 5.75 Å². The zero-order valence-electron chi connectivity index (χ0n) is 16.7. The number of carbonyl (C=O) groups excluding carboxylic acids is 1. The van der Waals surface area contributed by atoms with Gasteiger partial charge in [0.15, 0.2) is 5.78 Å². The number of hydrogen-bond donors (Lipinski definition) is 0. The van der Waals surface area contributed by atoms with E-state index in [2.05, 4.69) is 56.5 Å². The zero-order chi connectivity index (χ0) is 19.4. The van der Waals surface area contributed by atoms with E-state index in [-0.39, 0.29) is 22.5 Å². The molecule has 0 amide bonds. The summed E-state index contributed by atoms with van der Waals surface area (Å²) >= 11 is 0. The van der Waals surface area contributed by atoms with E-state index in [0.717, 1.165) is 28.8 Å². The van der Waals surface area contributed by atoms with Crippen LogP contribution in [-0.4, -0.2) is 17.5 Å². The molecule has 1 fully saturated rings. The topological polar surface area (TPSA) is 31.2 Å². The van der Waals surface area contributed by atoms with E-state index in [9.17, 15) is 4.79 Å². The first kappa shape index (κ1) is 17.8. The number of para-hydroxylation sites is 1. The largest absolute Gasteiger partial charge is 0.497 e. The second kappa shape index (κ2) is 5.98. The monoisotopic (exact) mass is 361 g/mol. The van der Waals surface area contributed by atoms with Gasteiger partial charge in [-0.25, -0.2) is 0 Å². The van der Waals surface area contributed by atoms with Crippen molar-refractivity contribution in [2.24, 2.45) is 16.7 Å². The minimum Gasteiger partial charge on any atom is -0.497 e. The summed E-state index contributed by atoms with van der Waals surface area (Å²) in [6.07, 6.45) is 2.04. The number of hydrogen-bond acceptors (Lipinski definition) is 2. The fourth-order valence-electron chi connectivity index (χ4n) is 4.51. The average Bonchev–Trinajstić information content (AvgIpc) is 2.92. The van der Waals surface area contributed by atoms with Gasteiger partial charge in [0.05, 0.1) is 7.11 Å². The molecule has 27 heavy (non-hydrogen) atoms. The quantitative estimate of drug-likeness (QED) is 0.557. The molecule has 0 spiro atoms. The normalized spacial score (nSPS) is 17.8. The molecule has 1 aromatic heterocycles. The molecule has 0 N–H and O–H groups in total. The van der Waals surface area contributed by atoms with Crippen LogP contribution in [0.5, 0.6) is 5.75 Å². The summed E-state index contributed by atoms with van der Waals surface area (Å²) in [5.74, 6) is 1.20. The highest BCUT2D eigenvalue weighted by Crippen LogP contribution is 2.69. The predicted octanol–water partition coefficient (Wildman–Crippen LogP) is 5.56. The van der Waals surface area contributed by atoms with Crippen LogP contribution in [0.3, 0.4) is 0 Å². The van der Waals surface area contributed by atoms with Crippen molar-refractivity contribution in [2.75, 3.05) is 7.11 Å². The summed E-state index contributed by atoms with van der Waals surface area (Å²) in [5.41, 5.74) is 3.23. The van der Waals surface area contributed by atoms with E-state index in [0.29, 0.717) is 0 Å². The van der Waals surface area contributed by atoms with Gasteiger partial charge in [-0.1, -0.05) is 58.0 Å². The van der Waals surface area contributed by atoms with Gasteiger partial charge in [-0.2, -0.15) is 0 Å².